The van der Waals surface area contributed by atoms with Gasteiger partial charge in [0.15, 0.2) is 5.78 Å². The third-order valence-electron chi connectivity index (χ3n) is 4.18. The first kappa shape index (κ1) is 13.7. The highest BCUT2D eigenvalue weighted by Gasteiger charge is 2.37. The summed E-state index contributed by atoms with van der Waals surface area (Å²) in [6.07, 6.45) is 2.60. The van der Waals surface area contributed by atoms with E-state index >= 15 is 0 Å². The standard InChI is InChI=1S/C16H20N2OS/c1-3-18-13-8-5-4-7-12(13)17-15(18)11-14(19)16(2)9-6-10-20-16/h4-5,7-8H,3,6,9-11H2,1-2H3. The maximum Gasteiger partial charge on any atom is 0.156 e. The Morgan fingerprint density at radius 2 is 2.25 bits per heavy atom. The van der Waals surface area contributed by atoms with Crippen molar-refractivity contribution in [3.05, 3.63) is 30.1 Å². The Balaban J connectivity index is 1.92. The molecule has 1 aliphatic heterocycles. The summed E-state index contributed by atoms with van der Waals surface area (Å²) in [7, 11) is 0. The van der Waals surface area contributed by atoms with Gasteiger partial charge in [0, 0.05) is 6.54 Å². The molecule has 1 aliphatic rings. The number of benzene rings is 1. The van der Waals surface area contributed by atoms with E-state index in [0.29, 0.717) is 12.2 Å². The zero-order chi connectivity index (χ0) is 14.2. The molecule has 20 heavy (non-hydrogen) atoms. The van der Waals surface area contributed by atoms with Crippen LogP contribution in [0.3, 0.4) is 0 Å². The molecule has 0 amide bonds. The predicted molar refractivity (Wildman–Crippen MR) is 84.2 cm³/mol. The van der Waals surface area contributed by atoms with Crippen LogP contribution in [0.25, 0.3) is 11.0 Å². The molecule has 1 atom stereocenters. The van der Waals surface area contributed by atoms with Crippen LogP contribution in [-0.2, 0) is 17.8 Å². The second-order valence-corrected chi connectivity index (χ2v) is 7.14. The number of hydrogen-bond acceptors (Lipinski definition) is 3. The minimum absolute atomic E-state index is 0.198. The summed E-state index contributed by atoms with van der Waals surface area (Å²) in [6, 6.07) is 8.11. The van der Waals surface area contributed by atoms with Crippen LogP contribution in [0.15, 0.2) is 24.3 Å². The molecular weight excluding hydrogens is 268 g/mol. The van der Waals surface area contributed by atoms with Crippen molar-refractivity contribution in [1.82, 2.24) is 9.55 Å². The second kappa shape index (κ2) is 5.24. The Bertz CT molecular complexity index is 641. The van der Waals surface area contributed by atoms with Gasteiger partial charge >= 0.3 is 0 Å². The van der Waals surface area contributed by atoms with E-state index in [9.17, 15) is 4.79 Å². The molecule has 0 radical (unpaired) electrons. The van der Waals surface area contributed by atoms with Gasteiger partial charge in [-0.25, -0.2) is 4.98 Å². The van der Waals surface area contributed by atoms with Gasteiger partial charge in [-0.15, -0.1) is 11.8 Å². The number of Topliss-reactive ketones (excluding diaryl/α,β-unsaturated/α-hetero) is 1. The lowest BCUT2D eigenvalue weighted by Crippen LogP contribution is -2.31. The van der Waals surface area contributed by atoms with Gasteiger partial charge in [-0.2, -0.15) is 0 Å². The van der Waals surface area contributed by atoms with E-state index in [1.807, 2.05) is 18.2 Å². The lowest BCUT2D eigenvalue weighted by atomic mass is 9.98. The topological polar surface area (TPSA) is 34.9 Å². The molecule has 0 saturated carbocycles. The van der Waals surface area contributed by atoms with E-state index in [-0.39, 0.29) is 4.75 Å². The minimum Gasteiger partial charge on any atom is -0.328 e. The number of carbonyl (C=O) groups excluding carboxylic acids is 1. The van der Waals surface area contributed by atoms with E-state index < -0.39 is 0 Å². The number of imidazole rings is 1. The molecular formula is C16H20N2OS. The summed E-state index contributed by atoms with van der Waals surface area (Å²) in [5.41, 5.74) is 2.11. The molecule has 1 aromatic carbocycles. The van der Waals surface area contributed by atoms with Crippen molar-refractivity contribution in [1.29, 1.82) is 0 Å². The Kier molecular flexibility index (Phi) is 3.59. The van der Waals surface area contributed by atoms with Gasteiger partial charge < -0.3 is 4.57 Å². The van der Waals surface area contributed by atoms with Crippen LogP contribution in [0.4, 0.5) is 0 Å². The number of fused-ring (bicyclic) bond motifs is 1. The van der Waals surface area contributed by atoms with Crippen LogP contribution in [-0.4, -0.2) is 25.8 Å². The van der Waals surface area contributed by atoms with Gasteiger partial charge in [-0.05, 0) is 44.6 Å². The molecule has 1 saturated heterocycles. The third-order valence-corrected chi connectivity index (χ3v) is 5.74. The van der Waals surface area contributed by atoms with Crippen molar-refractivity contribution in [2.24, 2.45) is 0 Å². The second-order valence-electron chi connectivity index (χ2n) is 5.54. The Hall–Kier alpha value is -1.29. The first-order valence-corrected chi connectivity index (χ1v) is 8.24. The number of ketones is 1. The highest BCUT2D eigenvalue weighted by atomic mass is 32.2. The highest BCUT2D eigenvalue weighted by Crippen LogP contribution is 2.39. The molecule has 1 aromatic heterocycles. The van der Waals surface area contributed by atoms with Gasteiger partial charge in [-0.3, -0.25) is 4.79 Å². The maximum atomic E-state index is 12.6. The SMILES string of the molecule is CCn1c(CC(=O)C2(C)CCCS2)nc2ccccc21. The van der Waals surface area contributed by atoms with Crippen molar-refractivity contribution in [2.75, 3.05) is 5.75 Å². The monoisotopic (exact) mass is 288 g/mol. The fraction of sp³-hybridized carbons (Fsp3) is 0.500. The van der Waals surface area contributed by atoms with Gasteiger partial charge in [-0.1, -0.05) is 12.1 Å². The minimum atomic E-state index is -0.198. The summed E-state index contributed by atoms with van der Waals surface area (Å²) >= 11 is 1.81. The molecule has 0 aliphatic carbocycles. The van der Waals surface area contributed by atoms with Crippen molar-refractivity contribution in [3.8, 4) is 0 Å². The van der Waals surface area contributed by atoms with Crippen LogP contribution in [0.5, 0.6) is 0 Å². The molecule has 3 nitrogen and oxygen atoms in total. The predicted octanol–water partition coefficient (Wildman–Crippen LogP) is 3.45. The molecule has 2 heterocycles. The normalized spacial score (nSPS) is 22.5. The van der Waals surface area contributed by atoms with Crippen LogP contribution in [0.1, 0.15) is 32.5 Å². The smallest absolute Gasteiger partial charge is 0.156 e. The first-order valence-electron chi connectivity index (χ1n) is 7.25. The highest BCUT2D eigenvalue weighted by molar-refractivity contribution is 8.01. The van der Waals surface area contributed by atoms with Gasteiger partial charge in [0.05, 0.1) is 22.2 Å². The van der Waals surface area contributed by atoms with E-state index in [1.54, 1.807) is 11.8 Å². The molecule has 4 heteroatoms. The average Bonchev–Trinajstić information content (AvgIpc) is 3.03. The van der Waals surface area contributed by atoms with Gasteiger partial charge in [0.1, 0.15) is 5.82 Å². The summed E-state index contributed by atoms with van der Waals surface area (Å²) in [6.45, 7) is 5.05. The number of para-hydroxylation sites is 2. The van der Waals surface area contributed by atoms with Crippen molar-refractivity contribution in [2.45, 2.75) is 44.4 Å². The molecule has 0 bridgehead atoms. The van der Waals surface area contributed by atoms with Crippen molar-refractivity contribution in [3.63, 3.8) is 0 Å². The number of thioether (sulfide) groups is 1. The number of aryl methyl sites for hydroxylation is 1. The lowest BCUT2D eigenvalue weighted by molar-refractivity contribution is -0.120. The zero-order valence-corrected chi connectivity index (χ0v) is 12.9. The zero-order valence-electron chi connectivity index (χ0n) is 12.1. The summed E-state index contributed by atoms with van der Waals surface area (Å²) in [4.78, 5) is 17.3. The van der Waals surface area contributed by atoms with Crippen molar-refractivity contribution < 1.29 is 4.79 Å². The van der Waals surface area contributed by atoms with Gasteiger partial charge in [0.2, 0.25) is 0 Å². The quantitative estimate of drug-likeness (QED) is 0.864. The summed E-state index contributed by atoms with van der Waals surface area (Å²) in [5.74, 6) is 2.34. The van der Waals surface area contributed by atoms with E-state index in [4.69, 9.17) is 0 Å². The number of hydrogen-bond donors (Lipinski definition) is 0. The molecule has 0 spiro atoms. The van der Waals surface area contributed by atoms with Crippen LogP contribution >= 0.6 is 11.8 Å². The number of aromatic nitrogens is 2. The van der Waals surface area contributed by atoms with Crippen LogP contribution in [0, 0.1) is 0 Å². The molecule has 106 valence electrons. The molecule has 2 aromatic rings. The summed E-state index contributed by atoms with van der Waals surface area (Å²) in [5, 5.41) is 0. The first-order chi connectivity index (χ1) is 9.64. The molecule has 3 rings (SSSR count). The fourth-order valence-electron chi connectivity index (χ4n) is 2.94. The fourth-order valence-corrected chi connectivity index (χ4v) is 4.20. The van der Waals surface area contributed by atoms with E-state index in [1.165, 1.54) is 0 Å². The Labute approximate surface area is 123 Å². The molecule has 0 N–H and O–H groups in total. The van der Waals surface area contributed by atoms with Gasteiger partial charge in [0.25, 0.3) is 0 Å². The Morgan fingerprint density at radius 3 is 2.95 bits per heavy atom. The lowest BCUT2D eigenvalue weighted by Gasteiger charge is -2.20. The number of rotatable bonds is 4. The van der Waals surface area contributed by atoms with E-state index in [0.717, 1.165) is 42.0 Å². The van der Waals surface area contributed by atoms with Crippen LogP contribution in [0.2, 0.25) is 0 Å². The van der Waals surface area contributed by atoms with Crippen molar-refractivity contribution >= 4 is 28.6 Å². The Morgan fingerprint density at radius 1 is 1.45 bits per heavy atom. The third kappa shape index (κ3) is 2.26. The van der Waals surface area contributed by atoms with Crippen LogP contribution < -0.4 is 0 Å². The molecule has 1 fully saturated rings. The molecule has 1 unspecified atom stereocenters. The largest absolute Gasteiger partial charge is 0.328 e. The number of nitrogens with zero attached hydrogens (tertiary/aromatic N) is 2. The number of carbonyl (C=O) groups is 1. The average molecular weight is 288 g/mol. The van der Waals surface area contributed by atoms with E-state index in [2.05, 4.69) is 29.5 Å². The summed E-state index contributed by atoms with van der Waals surface area (Å²) < 4.78 is 1.97. The maximum absolute atomic E-state index is 12.6.